The number of aromatic nitrogens is 2. The fourth-order valence-corrected chi connectivity index (χ4v) is 5.38. The van der Waals surface area contributed by atoms with E-state index in [1.807, 2.05) is 24.3 Å². The van der Waals surface area contributed by atoms with E-state index in [0.29, 0.717) is 35.5 Å². The molecule has 1 aliphatic heterocycles. The molecule has 2 aliphatic rings. The fourth-order valence-electron chi connectivity index (χ4n) is 4.59. The molecule has 0 radical (unpaired) electrons. The molecule has 9 heteroatoms. The zero-order chi connectivity index (χ0) is 24.2. The molecule has 5 rings (SSSR count). The Morgan fingerprint density at radius 1 is 1.14 bits per heavy atom. The number of hydrogen-bond acceptors (Lipinski definition) is 7. The third-order valence-electron chi connectivity index (χ3n) is 6.55. The van der Waals surface area contributed by atoms with Gasteiger partial charge in [0, 0.05) is 28.6 Å². The number of benzene rings is 1. The maximum Gasteiger partial charge on any atom is 0.251 e. The Hall–Kier alpha value is -3.33. The van der Waals surface area contributed by atoms with Crippen molar-refractivity contribution in [1.29, 1.82) is 0 Å². The summed E-state index contributed by atoms with van der Waals surface area (Å²) in [4.78, 5) is 34.2. The van der Waals surface area contributed by atoms with Crippen LogP contribution in [0.3, 0.4) is 0 Å². The average Bonchev–Trinajstić information content (AvgIpc) is 2.88. The second-order valence-electron chi connectivity index (χ2n) is 8.94. The number of pyridine rings is 2. The monoisotopic (exact) mass is 492 g/mol. The highest BCUT2D eigenvalue weighted by atomic mass is 32.2. The van der Waals surface area contributed by atoms with E-state index < -0.39 is 0 Å². The van der Waals surface area contributed by atoms with Gasteiger partial charge in [-0.3, -0.25) is 14.6 Å². The number of rotatable bonds is 7. The van der Waals surface area contributed by atoms with Crippen LogP contribution < -0.4 is 20.1 Å². The summed E-state index contributed by atoms with van der Waals surface area (Å²) in [7, 11) is 1.59. The fraction of sp³-hybridized carbons (Fsp3) is 0.385. The number of thioether (sulfide) groups is 1. The lowest BCUT2D eigenvalue weighted by atomic mass is 9.84. The van der Waals surface area contributed by atoms with Gasteiger partial charge in [0.25, 0.3) is 5.91 Å². The van der Waals surface area contributed by atoms with Crippen LogP contribution >= 0.6 is 11.8 Å². The molecule has 0 bridgehead atoms. The number of anilines is 1. The van der Waals surface area contributed by atoms with Gasteiger partial charge in [-0.15, -0.1) is 11.8 Å². The second-order valence-corrected chi connectivity index (χ2v) is 9.96. The minimum atomic E-state index is -0.0848. The van der Waals surface area contributed by atoms with E-state index in [-0.39, 0.29) is 17.9 Å². The summed E-state index contributed by atoms with van der Waals surface area (Å²) in [5.74, 6) is 2.13. The zero-order valence-electron chi connectivity index (χ0n) is 19.6. The van der Waals surface area contributed by atoms with Crippen molar-refractivity contribution < 1.29 is 19.1 Å². The van der Waals surface area contributed by atoms with Crippen LogP contribution in [-0.2, 0) is 4.79 Å². The van der Waals surface area contributed by atoms with E-state index in [2.05, 4.69) is 20.6 Å². The molecule has 35 heavy (non-hydrogen) atoms. The average molecular weight is 493 g/mol. The Morgan fingerprint density at radius 3 is 2.83 bits per heavy atom. The van der Waals surface area contributed by atoms with Gasteiger partial charge in [0.2, 0.25) is 11.8 Å². The molecule has 1 aliphatic carbocycles. The van der Waals surface area contributed by atoms with Crippen LogP contribution in [0.5, 0.6) is 11.6 Å². The van der Waals surface area contributed by atoms with Crippen LogP contribution in [0.1, 0.15) is 42.5 Å². The van der Waals surface area contributed by atoms with Crippen LogP contribution in [0.25, 0.3) is 11.0 Å². The van der Waals surface area contributed by atoms with E-state index in [4.69, 9.17) is 9.47 Å². The lowest BCUT2D eigenvalue weighted by Crippen LogP contribution is -2.37. The smallest absolute Gasteiger partial charge is 0.251 e. The number of carbonyl (C=O) groups excluding carboxylic acids is 2. The molecule has 0 spiro atoms. The summed E-state index contributed by atoms with van der Waals surface area (Å²) in [5, 5.41) is 6.01. The van der Waals surface area contributed by atoms with E-state index in [0.717, 1.165) is 53.7 Å². The van der Waals surface area contributed by atoms with Crippen LogP contribution in [0.15, 0.2) is 47.5 Å². The molecule has 2 amide bonds. The predicted octanol–water partition coefficient (Wildman–Crippen LogP) is 4.44. The molecule has 2 aromatic heterocycles. The van der Waals surface area contributed by atoms with E-state index in [1.54, 1.807) is 25.4 Å². The summed E-state index contributed by atoms with van der Waals surface area (Å²) in [5.41, 5.74) is 2.85. The van der Waals surface area contributed by atoms with Gasteiger partial charge in [0.05, 0.1) is 42.4 Å². The summed E-state index contributed by atoms with van der Waals surface area (Å²) >= 11 is 1.49. The number of amides is 2. The number of nitrogens with zero attached hydrogens (tertiary/aromatic N) is 2. The molecular formula is C26H28N4O4S. The van der Waals surface area contributed by atoms with Gasteiger partial charge in [0.1, 0.15) is 5.75 Å². The third kappa shape index (κ3) is 5.67. The molecule has 0 saturated heterocycles. The SMILES string of the molecule is COc1ccc2ncc(OCCC3CCC(NC(=O)c4ccc5c(c4)NC(=O)CS5)CC3)cc2n1. The first-order valence-electron chi connectivity index (χ1n) is 11.9. The summed E-state index contributed by atoms with van der Waals surface area (Å²) < 4.78 is 11.1. The van der Waals surface area contributed by atoms with Gasteiger partial charge >= 0.3 is 0 Å². The highest BCUT2D eigenvalue weighted by Gasteiger charge is 2.24. The molecule has 2 N–H and O–H groups in total. The molecule has 3 aromatic rings. The Kier molecular flexibility index (Phi) is 7.03. The molecule has 182 valence electrons. The molecule has 3 heterocycles. The summed E-state index contributed by atoms with van der Waals surface area (Å²) in [6.45, 7) is 0.623. The van der Waals surface area contributed by atoms with Gasteiger partial charge in [0.15, 0.2) is 0 Å². The Labute approximate surface area is 208 Å². The number of carbonyl (C=O) groups is 2. The lowest BCUT2D eigenvalue weighted by Gasteiger charge is -2.29. The number of ether oxygens (including phenoxy) is 2. The quantitative estimate of drug-likeness (QED) is 0.503. The van der Waals surface area contributed by atoms with Crippen LogP contribution in [-0.4, -0.2) is 47.3 Å². The van der Waals surface area contributed by atoms with Crippen molar-refractivity contribution in [3.8, 4) is 11.6 Å². The first-order chi connectivity index (χ1) is 17.1. The number of nitrogens with one attached hydrogen (secondary N) is 2. The highest BCUT2D eigenvalue weighted by Crippen LogP contribution is 2.32. The van der Waals surface area contributed by atoms with Crippen LogP contribution in [0.4, 0.5) is 5.69 Å². The Bertz CT molecular complexity index is 1240. The van der Waals surface area contributed by atoms with Crippen LogP contribution in [0, 0.1) is 5.92 Å². The number of fused-ring (bicyclic) bond motifs is 2. The Morgan fingerprint density at radius 2 is 2.00 bits per heavy atom. The predicted molar refractivity (Wildman–Crippen MR) is 135 cm³/mol. The maximum atomic E-state index is 12.8. The minimum Gasteiger partial charge on any atom is -0.492 e. The number of hydrogen-bond donors (Lipinski definition) is 2. The van der Waals surface area contributed by atoms with E-state index >= 15 is 0 Å². The van der Waals surface area contributed by atoms with Crippen molar-refractivity contribution in [2.45, 2.75) is 43.0 Å². The van der Waals surface area contributed by atoms with Gasteiger partial charge < -0.3 is 20.1 Å². The lowest BCUT2D eigenvalue weighted by molar-refractivity contribution is -0.113. The molecule has 0 unspecified atom stereocenters. The molecule has 8 nitrogen and oxygen atoms in total. The summed E-state index contributed by atoms with van der Waals surface area (Å²) in [6, 6.07) is 11.2. The van der Waals surface area contributed by atoms with Crippen molar-refractivity contribution in [3.63, 3.8) is 0 Å². The first-order valence-corrected chi connectivity index (χ1v) is 12.9. The molecular weight excluding hydrogens is 464 g/mol. The topological polar surface area (TPSA) is 102 Å². The van der Waals surface area contributed by atoms with Gasteiger partial charge in [-0.25, -0.2) is 4.98 Å². The maximum absolute atomic E-state index is 12.8. The normalized spacial score (nSPS) is 19.5. The van der Waals surface area contributed by atoms with Crippen LogP contribution in [0.2, 0.25) is 0 Å². The summed E-state index contributed by atoms with van der Waals surface area (Å²) in [6.07, 6.45) is 6.71. The van der Waals surface area contributed by atoms with E-state index in [9.17, 15) is 9.59 Å². The van der Waals surface area contributed by atoms with Gasteiger partial charge in [-0.2, -0.15) is 0 Å². The van der Waals surface area contributed by atoms with Crippen molar-refractivity contribution in [2.24, 2.45) is 5.92 Å². The molecule has 1 fully saturated rings. The largest absolute Gasteiger partial charge is 0.492 e. The number of methoxy groups -OCH3 is 1. The van der Waals surface area contributed by atoms with Gasteiger partial charge in [-0.1, -0.05) is 0 Å². The standard InChI is InChI=1S/C26H28N4O4S/c1-33-25-9-7-20-21(30-25)13-19(14-27-20)34-11-10-16-2-5-18(6-3-16)28-26(32)17-4-8-23-22(12-17)29-24(31)15-35-23/h4,7-9,12-14,16,18H,2-3,5-6,10-11,15H2,1H3,(H,28,32)(H,29,31). The van der Waals surface area contributed by atoms with Crippen molar-refractivity contribution in [1.82, 2.24) is 15.3 Å². The second kappa shape index (κ2) is 10.5. The first kappa shape index (κ1) is 23.4. The van der Waals surface area contributed by atoms with Crippen molar-refractivity contribution in [3.05, 3.63) is 48.2 Å². The molecule has 1 aromatic carbocycles. The minimum absolute atomic E-state index is 0.0314. The molecule has 0 atom stereocenters. The Balaban J connectivity index is 1.07. The van der Waals surface area contributed by atoms with Crippen molar-refractivity contribution >= 4 is 40.3 Å². The highest BCUT2D eigenvalue weighted by molar-refractivity contribution is 8.00. The van der Waals surface area contributed by atoms with Gasteiger partial charge in [-0.05, 0) is 62.3 Å². The van der Waals surface area contributed by atoms with E-state index in [1.165, 1.54) is 11.8 Å². The van der Waals surface area contributed by atoms with Crippen molar-refractivity contribution in [2.75, 3.05) is 24.8 Å². The molecule has 1 saturated carbocycles. The third-order valence-corrected chi connectivity index (χ3v) is 7.62. The zero-order valence-corrected chi connectivity index (χ0v) is 20.4.